The number of non-ortho nitro benzene ring substituents is 1. The molecule has 98 valence electrons. The van der Waals surface area contributed by atoms with Gasteiger partial charge in [0.15, 0.2) is 0 Å². The molecule has 1 aromatic heterocycles. The Labute approximate surface area is 112 Å². The zero-order valence-corrected chi connectivity index (χ0v) is 10.0. The molecule has 0 bridgehead atoms. The minimum Gasteiger partial charge on any atom is -0.268 e. The molecule has 7 nitrogen and oxygen atoms in total. The smallest absolute Gasteiger partial charge is 0.268 e. The molecule has 0 N–H and O–H groups in total. The van der Waals surface area contributed by atoms with E-state index >= 15 is 0 Å². The third-order valence-electron chi connectivity index (χ3n) is 3.00. The molecule has 2 heterocycles. The third kappa shape index (κ3) is 1.64. The quantitative estimate of drug-likeness (QED) is 0.470. The Morgan fingerprint density at radius 1 is 1.00 bits per heavy atom. The number of nitro groups is 1. The van der Waals surface area contributed by atoms with Gasteiger partial charge in [-0.05, 0) is 18.2 Å². The second-order valence-corrected chi connectivity index (χ2v) is 4.14. The first-order valence-corrected chi connectivity index (χ1v) is 5.67. The fourth-order valence-electron chi connectivity index (χ4n) is 2.07. The van der Waals surface area contributed by atoms with Crippen LogP contribution in [0.25, 0.3) is 0 Å². The maximum atomic E-state index is 12.2. The number of imide groups is 1. The van der Waals surface area contributed by atoms with Gasteiger partial charge in [-0.1, -0.05) is 0 Å². The van der Waals surface area contributed by atoms with Gasteiger partial charge in [0.2, 0.25) is 0 Å². The van der Waals surface area contributed by atoms with Crippen LogP contribution in [0.5, 0.6) is 0 Å². The number of pyridine rings is 1. The zero-order chi connectivity index (χ0) is 14.3. The van der Waals surface area contributed by atoms with E-state index in [4.69, 9.17) is 0 Å². The number of carbonyl (C=O) groups is 2. The summed E-state index contributed by atoms with van der Waals surface area (Å²) >= 11 is 0. The lowest BCUT2D eigenvalue weighted by atomic mass is 10.1. The fourth-order valence-corrected chi connectivity index (χ4v) is 2.07. The molecular formula is C13H7N3O4. The van der Waals surface area contributed by atoms with Crippen LogP contribution in [0.1, 0.15) is 20.7 Å². The van der Waals surface area contributed by atoms with E-state index in [1.54, 1.807) is 0 Å². The number of carbonyl (C=O) groups excluding carboxylic acids is 2. The van der Waals surface area contributed by atoms with Gasteiger partial charge < -0.3 is 0 Å². The normalized spacial score (nSPS) is 13.5. The summed E-state index contributed by atoms with van der Waals surface area (Å²) in [4.78, 5) is 39.4. The van der Waals surface area contributed by atoms with Crippen molar-refractivity contribution in [1.29, 1.82) is 0 Å². The predicted molar refractivity (Wildman–Crippen MR) is 68.5 cm³/mol. The van der Waals surface area contributed by atoms with Crippen LogP contribution in [-0.2, 0) is 0 Å². The summed E-state index contributed by atoms with van der Waals surface area (Å²) in [5.41, 5.74) is 0.369. The molecule has 2 amide bonds. The van der Waals surface area contributed by atoms with Crippen LogP contribution in [0.4, 0.5) is 11.4 Å². The summed E-state index contributed by atoms with van der Waals surface area (Å²) in [6.45, 7) is 0. The van der Waals surface area contributed by atoms with Crippen molar-refractivity contribution >= 4 is 23.2 Å². The van der Waals surface area contributed by atoms with Gasteiger partial charge >= 0.3 is 0 Å². The molecule has 2 aromatic rings. The highest BCUT2D eigenvalue weighted by atomic mass is 16.6. The van der Waals surface area contributed by atoms with Crippen molar-refractivity contribution in [2.24, 2.45) is 0 Å². The summed E-state index contributed by atoms with van der Waals surface area (Å²) < 4.78 is 0. The summed E-state index contributed by atoms with van der Waals surface area (Å²) in [5, 5.41) is 10.7. The van der Waals surface area contributed by atoms with Crippen LogP contribution in [-0.4, -0.2) is 21.7 Å². The predicted octanol–water partition coefficient (Wildman–Crippen LogP) is 1.79. The van der Waals surface area contributed by atoms with Crippen molar-refractivity contribution < 1.29 is 14.5 Å². The van der Waals surface area contributed by atoms with E-state index in [-0.39, 0.29) is 16.8 Å². The highest BCUT2D eigenvalue weighted by Gasteiger charge is 2.37. The van der Waals surface area contributed by atoms with Gasteiger partial charge in [0.05, 0.1) is 21.7 Å². The number of hydrogen-bond donors (Lipinski definition) is 0. The lowest BCUT2D eigenvalue weighted by molar-refractivity contribution is -0.384. The molecule has 1 aliphatic heterocycles. The molecular weight excluding hydrogens is 262 g/mol. The molecule has 1 aliphatic rings. The third-order valence-corrected chi connectivity index (χ3v) is 3.00. The maximum Gasteiger partial charge on any atom is 0.270 e. The number of hydrogen-bond acceptors (Lipinski definition) is 5. The van der Waals surface area contributed by atoms with E-state index in [0.29, 0.717) is 5.69 Å². The molecule has 0 unspecified atom stereocenters. The second kappa shape index (κ2) is 4.23. The minimum atomic E-state index is -0.604. The number of aromatic nitrogens is 1. The van der Waals surface area contributed by atoms with Gasteiger partial charge in [-0.2, -0.15) is 0 Å². The standard InChI is InChI=1S/C13H7N3O4/c17-12-10-2-1-9(16(19)20)7-11(10)13(18)15(12)8-3-5-14-6-4-8/h1-7H. The Hall–Kier alpha value is -3.09. The molecule has 7 heteroatoms. The first kappa shape index (κ1) is 12.0. The molecule has 0 aliphatic carbocycles. The summed E-state index contributed by atoms with van der Waals surface area (Å²) in [7, 11) is 0. The summed E-state index contributed by atoms with van der Waals surface area (Å²) in [6.07, 6.45) is 2.92. The fraction of sp³-hybridized carbons (Fsp3) is 0. The lowest BCUT2D eigenvalue weighted by Crippen LogP contribution is -2.29. The van der Waals surface area contributed by atoms with Gasteiger partial charge in [0.25, 0.3) is 17.5 Å². The topological polar surface area (TPSA) is 93.4 Å². The highest BCUT2D eigenvalue weighted by molar-refractivity contribution is 6.34. The Morgan fingerprint density at radius 2 is 1.65 bits per heavy atom. The molecule has 0 atom stereocenters. The first-order chi connectivity index (χ1) is 9.59. The average molecular weight is 269 g/mol. The van der Waals surface area contributed by atoms with Crippen molar-refractivity contribution in [3.05, 3.63) is 64.0 Å². The molecule has 0 saturated carbocycles. The van der Waals surface area contributed by atoms with Crippen LogP contribution in [0, 0.1) is 10.1 Å². The molecule has 0 saturated heterocycles. The highest BCUT2D eigenvalue weighted by Crippen LogP contribution is 2.30. The maximum absolute atomic E-state index is 12.2. The first-order valence-electron chi connectivity index (χ1n) is 5.67. The van der Waals surface area contributed by atoms with Crippen LogP contribution < -0.4 is 4.90 Å². The summed E-state index contributed by atoms with van der Waals surface area (Å²) in [6, 6.07) is 6.68. The minimum absolute atomic E-state index is 0.0426. The number of rotatable bonds is 2. The van der Waals surface area contributed by atoms with E-state index in [0.717, 1.165) is 11.0 Å². The van der Waals surface area contributed by atoms with Crippen molar-refractivity contribution in [3.8, 4) is 0 Å². The zero-order valence-electron chi connectivity index (χ0n) is 10.0. The van der Waals surface area contributed by atoms with Crippen molar-refractivity contribution in [3.63, 3.8) is 0 Å². The molecule has 0 spiro atoms. The van der Waals surface area contributed by atoms with Gasteiger partial charge in [-0.3, -0.25) is 24.7 Å². The lowest BCUT2D eigenvalue weighted by Gasteiger charge is -2.12. The molecule has 1 aromatic carbocycles. The number of amides is 2. The van der Waals surface area contributed by atoms with Crippen LogP contribution in [0.15, 0.2) is 42.7 Å². The second-order valence-electron chi connectivity index (χ2n) is 4.14. The van der Waals surface area contributed by atoms with Gasteiger partial charge in [0, 0.05) is 24.5 Å². The van der Waals surface area contributed by atoms with Crippen LogP contribution >= 0.6 is 0 Å². The van der Waals surface area contributed by atoms with Crippen LogP contribution in [0.3, 0.4) is 0 Å². The van der Waals surface area contributed by atoms with Crippen molar-refractivity contribution in [2.45, 2.75) is 0 Å². The van der Waals surface area contributed by atoms with Crippen molar-refractivity contribution in [1.82, 2.24) is 4.98 Å². The Bertz CT molecular complexity index is 743. The van der Waals surface area contributed by atoms with Gasteiger partial charge in [-0.15, -0.1) is 0 Å². The number of nitrogens with zero attached hydrogens (tertiary/aromatic N) is 3. The van der Waals surface area contributed by atoms with E-state index in [1.165, 1.54) is 36.7 Å². The molecule has 0 radical (unpaired) electrons. The number of benzene rings is 1. The molecule has 20 heavy (non-hydrogen) atoms. The van der Waals surface area contributed by atoms with E-state index < -0.39 is 16.7 Å². The van der Waals surface area contributed by atoms with Gasteiger partial charge in [-0.25, -0.2) is 4.90 Å². The Balaban J connectivity index is 2.11. The number of fused-ring (bicyclic) bond motifs is 1. The monoisotopic (exact) mass is 269 g/mol. The molecule has 0 fully saturated rings. The number of nitro benzene ring substituents is 1. The average Bonchev–Trinajstić information content (AvgIpc) is 2.71. The van der Waals surface area contributed by atoms with Gasteiger partial charge in [0.1, 0.15) is 0 Å². The number of anilines is 1. The van der Waals surface area contributed by atoms with E-state index in [9.17, 15) is 19.7 Å². The Morgan fingerprint density at radius 3 is 2.30 bits per heavy atom. The summed E-state index contributed by atoms with van der Waals surface area (Å²) in [5.74, 6) is -1.06. The van der Waals surface area contributed by atoms with Crippen LogP contribution in [0.2, 0.25) is 0 Å². The molecule has 3 rings (SSSR count). The van der Waals surface area contributed by atoms with E-state index in [1.807, 2.05) is 0 Å². The largest absolute Gasteiger partial charge is 0.270 e. The van der Waals surface area contributed by atoms with E-state index in [2.05, 4.69) is 4.98 Å². The Kier molecular flexibility index (Phi) is 2.53. The van der Waals surface area contributed by atoms with Crippen molar-refractivity contribution in [2.75, 3.05) is 4.90 Å². The SMILES string of the molecule is O=C1c2ccc([N+](=O)[O-])cc2C(=O)N1c1ccncc1.